The number of para-hydroxylation sites is 1. The number of aromatic nitrogens is 6. The highest BCUT2D eigenvalue weighted by Crippen LogP contribution is 2.17. The fourth-order valence-corrected chi connectivity index (χ4v) is 3.16. The molecule has 7 heteroatoms. The van der Waals surface area contributed by atoms with Crippen LogP contribution in [0.15, 0.2) is 36.9 Å². The maximum atomic E-state index is 4.34. The monoisotopic (exact) mass is 341 g/mol. The summed E-state index contributed by atoms with van der Waals surface area (Å²) < 4.78 is 3.84. The van der Waals surface area contributed by atoms with Crippen LogP contribution in [0.4, 0.5) is 0 Å². The summed E-state index contributed by atoms with van der Waals surface area (Å²) in [5.74, 6) is 0.679. The molecule has 2 heterocycles. The van der Waals surface area contributed by atoms with Crippen molar-refractivity contribution in [1.82, 2.24) is 34.7 Å². The highest BCUT2D eigenvalue weighted by atomic mass is 15.5. The van der Waals surface area contributed by atoms with Crippen LogP contribution in [-0.2, 0) is 13.3 Å². The van der Waals surface area contributed by atoms with E-state index < -0.39 is 0 Å². The second kappa shape index (κ2) is 8.71. The van der Waals surface area contributed by atoms with E-state index in [1.807, 2.05) is 27.6 Å². The first kappa shape index (κ1) is 17.5. The maximum absolute atomic E-state index is 4.34. The third-order valence-corrected chi connectivity index (χ3v) is 4.63. The molecule has 25 heavy (non-hydrogen) atoms. The molecule has 0 fully saturated rings. The molecule has 134 valence electrons. The quantitative estimate of drug-likeness (QED) is 0.567. The maximum Gasteiger partial charge on any atom is 0.137 e. The average molecular weight is 341 g/mol. The molecule has 3 aromatic rings. The van der Waals surface area contributed by atoms with E-state index in [1.165, 1.54) is 25.7 Å². The van der Waals surface area contributed by atoms with Crippen molar-refractivity contribution in [2.75, 3.05) is 6.54 Å². The number of rotatable bonds is 10. The van der Waals surface area contributed by atoms with Crippen molar-refractivity contribution in [1.29, 1.82) is 0 Å². The second-order valence-electron chi connectivity index (χ2n) is 6.57. The summed E-state index contributed by atoms with van der Waals surface area (Å²) in [4.78, 5) is 6.44. The fraction of sp³-hybridized carbons (Fsp3) is 0.556. The van der Waals surface area contributed by atoms with Gasteiger partial charge < -0.3 is 0 Å². The molecule has 1 aromatic carbocycles. The van der Waals surface area contributed by atoms with Gasteiger partial charge in [-0.05, 0) is 24.5 Å². The summed E-state index contributed by atoms with van der Waals surface area (Å²) in [6, 6.07) is 8.08. The van der Waals surface area contributed by atoms with Gasteiger partial charge in [0.2, 0.25) is 0 Å². The average Bonchev–Trinajstić information content (AvgIpc) is 3.29. The first-order chi connectivity index (χ1) is 12.3. The molecule has 0 N–H and O–H groups in total. The van der Waals surface area contributed by atoms with Crippen LogP contribution in [-0.4, -0.2) is 41.2 Å². The van der Waals surface area contributed by atoms with E-state index in [4.69, 9.17) is 0 Å². The Labute approximate surface area is 148 Å². The van der Waals surface area contributed by atoms with Crippen LogP contribution >= 0.6 is 0 Å². The van der Waals surface area contributed by atoms with Gasteiger partial charge in [0, 0.05) is 6.54 Å². The Morgan fingerprint density at radius 2 is 2.04 bits per heavy atom. The van der Waals surface area contributed by atoms with E-state index in [-0.39, 0.29) is 0 Å². The van der Waals surface area contributed by atoms with Gasteiger partial charge in [0.1, 0.15) is 18.2 Å². The lowest BCUT2D eigenvalue weighted by atomic mass is 9.99. The molecule has 2 aromatic heterocycles. The summed E-state index contributed by atoms with van der Waals surface area (Å²) in [7, 11) is 0. The normalized spacial score (nSPS) is 12.9. The lowest BCUT2D eigenvalue weighted by Gasteiger charge is -2.26. The van der Waals surface area contributed by atoms with Crippen LogP contribution in [0, 0.1) is 5.92 Å². The van der Waals surface area contributed by atoms with E-state index in [9.17, 15) is 0 Å². The molecule has 0 radical (unpaired) electrons. The van der Waals surface area contributed by atoms with Crippen molar-refractivity contribution in [3.05, 3.63) is 36.9 Å². The molecule has 7 nitrogen and oxygen atoms in total. The van der Waals surface area contributed by atoms with Crippen molar-refractivity contribution >= 4 is 11.0 Å². The minimum atomic E-state index is 0.679. The molecular weight excluding hydrogens is 314 g/mol. The predicted octanol–water partition coefficient (Wildman–Crippen LogP) is 3.16. The summed E-state index contributed by atoms with van der Waals surface area (Å²) in [6.07, 6.45) is 8.32. The van der Waals surface area contributed by atoms with Gasteiger partial charge in [0.25, 0.3) is 0 Å². The van der Waals surface area contributed by atoms with E-state index >= 15 is 0 Å². The Morgan fingerprint density at radius 1 is 1.16 bits per heavy atom. The SMILES string of the molecule is CCCCC(CC)CN(Cn1cncn1)Cn1nnc2ccccc21. The highest BCUT2D eigenvalue weighted by Gasteiger charge is 2.15. The van der Waals surface area contributed by atoms with Crippen LogP contribution in [0.5, 0.6) is 0 Å². The number of fused-ring (bicyclic) bond motifs is 1. The Morgan fingerprint density at radius 3 is 2.80 bits per heavy atom. The van der Waals surface area contributed by atoms with Gasteiger partial charge in [-0.15, -0.1) is 5.10 Å². The number of hydrogen-bond donors (Lipinski definition) is 0. The summed E-state index contributed by atoms with van der Waals surface area (Å²) in [6.45, 7) is 6.95. The third-order valence-electron chi connectivity index (χ3n) is 4.63. The minimum Gasteiger partial charge on any atom is -0.264 e. The second-order valence-corrected chi connectivity index (χ2v) is 6.57. The van der Waals surface area contributed by atoms with Crippen molar-refractivity contribution < 1.29 is 0 Å². The molecule has 0 saturated carbocycles. The molecular formula is C18H27N7. The molecule has 0 saturated heterocycles. The lowest BCUT2D eigenvalue weighted by molar-refractivity contribution is 0.124. The molecule has 0 aliphatic carbocycles. The first-order valence-corrected chi connectivity index (χ1v) is 9.13. The van der Waals surface area contributed by atoms with Crippen LogP contribution < -0.4 is 0 Å². The first-order valence-electron chi connectivity index (χ1n) is 9.13. The van der Waals surface area contributed by atoms with Crippen LogP contribution in [0.25, 0.3) is 11.0 Å². The Hall–Kier alpha value is -2.28. The highest BCUT2D eigenvalue weighted by molar-refractivity contribution is 5.73. The van der Waals surface area contributed by atoms with Crippen molar-refractivity contribution in [3.8, 4) is 0 Å². The molecule has 1 atom stereocenters. The number of nitrogens with zero attached hydrogens (tertiary/aromatic N) is 7. The van der Waals surface area contributed by atoms with Gasteiger partial charge in [-0.1, -0.05) is 50.5 Å². The molecule has 3 rings (SSSR count). The predicted molar refractivity (Wildman–Crippen MR) is 97.6 cm³/mol. The Balaban J connectivity index is 1.75. The van der Waals surface area contributed by atoms with E-state index in [2.05, 4.69) is 45.2 Å². The minimum absolute atomic E-state index is 0.679. The number of unbranched alkanes of at least 4 members (excludes halogenated alkanes) is 1. The van der Waals surface area contributed by atoms with Crippen LogP contribution in [0.1, 0.15) is 39.5 Å². The zero-order valence-corrected chi connectivity index (χ0v) is 15.1. The van der Waals surface area contributed by atoms with Gasteiger partial charge in [-0.25, -0.2) is 14.3 Å². The molecule has 0 bridgehead atoms. The zero-order valence-electron chi connectivity index (χ0n) is 15.1. The third kappa shape index (κ3) is 4.63. The van der Waals surface area contributed by atoms with Crippen molar-refractivity contribution in [2.24, 2.45) is 5.92 Å². The Bertz CT molecular complexity index is 750. The smallest absolute Gasteiger partial charge is 0.137 e. The van der Waals surface area contributed by atoms with Crippen molar-refractivity contribution in [3.63, 3.8) is 0 Å². The molecule has 0 aliphatic rings. The van der Waals surface area contributed by atoms with E-state index in [1.54, 1.807) is 12.7 Å². The number of benzene rings is 1. The lowest BCUT2D eigenvalue weighted by Crippen LogP contribution is -2.34. The van der Waals surface area contributed by atoms with E-state index in [0.29, 0.717) is 19.3 Å². The Kier molecular flexibility index (Phi) is 6.11. The summed E-state index contributed by atoms with van der Waals surface area (Å²) in [5.41, 5.74) is 1.99. The van der Waals surface area contributed by atoms with Gasteiger partial charge in [0.15, 0.2) is 0 Å². The van der Waals surface area contributed by atoms with Gasteiger partial charge in [-0.2, -0.15) is 5.10 Å². The molecule has 0 spiro atoms. The molecule has 0 aliphatic heterocycles. The van der Waals surface area contributed by atoms with Gasteiger partial charge >= 0.3 is 0 Å². The van der Waals surface area contributed by atoms with Crippen LogP contribution in [0.3, 0.4) is 0 Å². The fourth-order valence-electron chi connectivity index (χ4n) is 3.16. The molecule has 0 amide bonds. The number of hydrogen-bond acceptors (Lipinski definition) is 5. The van der Waals surface area contributed by atoms with Crippen molar-refractivity contribution in [2.45, 2.75) is 52.9 Å². The zero-order chi connectivity index (χ0) is 17.5. The van der Waals surface area contributed by atoms with Gasteiger partial charge in [0.05, 0.1) is 18.9 Å². The summed E-state index contributed by atoms with van der Waals surface area (Å²) in [5, 5.41) is 12.9. The standard InChI is InChI=1S/C18H27N7/c1-3-5-8-16(4-2)11-23(14-24-13-19-12-20-24)15-25-18-10-7-6-9-17(18)21-22-25/h6-7,9-10,12-13,16H,3-5,8,11,14-15H2,1-2H3. The largest absolute Gasteiger partial charge is 0.264 e. The van der Waals surface area contributed by atoms with Gasteiger partial charge in [-0.3, -0.25) is 4.90 Å². The van der Waals surface area contributed by atoms with E-state index in [0.717, 1.165) is 17.6 Å². The summed E-state index contributed by atoms with van der Waals surface area (Å²) >= 11 is 0. The van der Waals surface area contributed by atoms with Crippen LogP contribution in [0.2, 0.25) is 0 Å². The topological polar surface area (TPSA) is 64.7 Å². The molecule has 1 unspecified atom stereocenters.